The molecule has 1 fully saturated rings. The first-order valence-corrected chi connectivity index (χ1v) is 9.68. The zero-order chi connectivity index (χ0) is 17.6. The Morgan fingerprint density at radius 2 is 1.92 bits per heavy atom. The number of benzene rings is 1. The van der Waals surface area contributed by atoms with Gasteiger partial charge in [0.15, 0.2) is 0 Å². The van der Waals surface area contributed by atoms with Crippen molar-refractivity contribution in [2.45, 2.75) is 18.2 Å². The highest BCUT2D eigenvalue weighted by Gasteiger charge is 2.28. The molecule has 0 spiro atoms. The minimum absolute atomic E-state index is 0.143. The van der Waals surface area contributed by atoms with Crippen molar-refractivity contribution in [3.05, 3.63) is 24.3 Å². The van der Waals surface area contributed by atoms with Crippen LogP contribution in [0.1, 0.15) is 13.3 Å². The topological polar surface area (TPSA) is 81.8 Å². The summed E-state index contributed by atoms with van der Waals surface area (Å²) in [5, 5.41) is 5.64. The molecule has 7 nitrogen and oxygen atoms in total. The van der Waals surface area contributed by atoms with Gasteiger partial charge in [-0.1, -0.05) is 13.0 Å². The Kier molecular flexibility index (Phi) is 6.73. The second-order valence-corrected chi connectivity index (χ2v) is 7.71. The van der Waals surface area contributed by atoms with Gasteiger partial charge in [0.25, 0.3) is 0 Å². The number of carbonyl (C=O) groups is 1. The summed E-state index contributed by atoms with van der Waals surface area (Å²) in [7, 11) is -1.75. The van der Waals surface area contributed by atoms with Gasteiger partial charge < -0.3 is 15.5 Å². The zero-order valence-electron chi connectivity index (χ0n) is 14.3. The fraction of sp³-hybridized carbons (Fsp3) is 0.562. The maximum atomic E-state index is 12.8. The van der Waals surface area contributed by atoms with Gasteiger partial charge in [-0.3, -0.25) is 4.79 Å². The maximum Gasteiger partial charge on any atom is 0.243 e. The molecule has 2 N–H and O–H groups in total. The highest BCUT2D eigenvalue weighted by molar-refractivity contribution is 7.89. The number of nitrogens with zero attached hydrogens (tertiary/aromatic N) is 2. The summed E-state index contributed by atoms with van der Waals surface area (Å²) in [4.78, 5) is 14.2. The lowest BCUT2D eigenvalue weighted by Crippen LogP contribution is -2.48. The van der Waals surface area contributed by atoms with E-state index >= 15 is 0 Å². The SMILES string of the molecule is CCN1CCN(S(=O)(=O)c2cccc(NC(=O)CCNC)c2)CC1. The van der Waals surface area contributed by atoms with Crippen LogP contribution in [0.4, 0.5) is 5.69 Å². The number of hydrogen-bond acceptors (Lipinski definition) is 5. The van der Waals surface area contributed by atoms with Gasteiger partial charge in [-0.15, -0.1) is 0 Å². The molecule has 1 heterocycles. The van der Waals surface area contributed by atoms with Gasteiger partial charge in [0.1, 0.15) is 0 Å². The van der Waals surface area contributed by atoms with E-state index in [1.54, 1.807) is 25.2 Å². The number of rotatable bonds is 7. The van der Waals surface area contributed by atoms with Crippen LogP contribution in [-0.2, 0) is 14.8 Å². The van der Waals surface area contributed by atoms with E-state index in [0.717, 1.165) is 19.6 Å². The van der Waals surface area contributed by atoms with Crippen LogP contribution in [0, 0.1) is 0 Å². The van der Waals surface area contributed by atoms with E-state index < -0.39 is 10.0 Å². The molecule has 24 heavy (non-hydrogen) atoms. The van der Waals surface area contributed by atoms with E-state index in [1.165, 1.54) is 10.4 Å². The molecule has 0 aliphatic carbocycles. The largest absolute Gasteiger partial charge is 0.326 e. The molecular formula is C16H26N4O3S. The number of hydrogen-bond donors (Lipinski definition) is 2. The summed E-state index contributed by atoms with van der Waals surface area (Å²) in [5.41, 5.74) is 0.504. The van der Waals surface area contributed by atoms with E-state index in [0.29, 0.717) is 31.7 Å². The molecule has 1 aliphatic heterocycles. The molecule has 1 aromatic rings. The summed E-state index contributed by atoms with van der Waals surface area (Å²) in [5.74, 6) is -0.143. The zero-order valence-corrected chi connectivity index (χ0v) is 15.1. The number of anilines is 1. The van der Waals surface area contributed by atoms with Crippen LogP contribution < -0.4 is 10.6 Å². The number of likely N-dealkylation sites (N-methyl/N-ethyl adjacent to an activating group) is 1. The Labute approximate surface area is 144 Å². The van der Waals surface area contributed by atoms with E-state index in [9.17, 15) is 13.2 Å². The van der Waals surface area contributed by atoms with Crippen molar-refractivity contribution < 1.29 is 13.2 Å². The molecule has 1 aliphatic rings. The number of amides is 1. The average molecular weight is 354 g/mol. The van der Waals surface area contributed by atoms with Crippen molar-refractivity contribution in [3.63, 3.8) is 0 Å². The summed E-state index contributed by atoms with van der Waals surface area (Å²) in [6.45, 7) is 6.06. The Hall–Kier alpha value is -1.48. The second-order valence-electron chi connectivity index (χ2n) is 5.77. The van der Waals surface area contributed by atoms with Crippen LogP contribution in [0.5, 0.6) is 0 Å². The molecule has 0 unspecified atom stereocenters. The normalized spacial score (nSPS) is 16.9. The van der Waals surface area contributed by atoms with Crippen molar-refractivity contribution >= 4 is 21.6 Å². The molecule has 0 aromatic heterocycles. The van der Waals surface area contributed by atoms with Crippen LogP contribution in [0.3, 0.4) is 0 Å². The molecule has 2 rings (SSSR count). The third-order valence-corrected chi connectivity index (χ3v) is 6.03. The number of sulfonamides is 1. The molecule has 0 bridgehead atoms. The Balaban J connectivity index is 2.08. The molecule has 0 radical (unpaired) electrons. The van der Waals surface area contributed by atoms with Gasteiger partial charge in [-0.05, 0) is 31.8 Å². The van der Waals surface area contributed by atoms with Crippen molar-refractivity contribution in [1.82, 2.24) is 14.5 Å². The smallest absolute Gasteiger partial charge is 0.243 e. The van der Waals surface area contributed by atoms with Crippen molar-refractivity contribution in [3.8, 4) is 0 Å². The Morgan fingerprint density at radius 1 is 1.21 bits per heavy atom. The highest BCUT2D eigenvalue weighted by atomic mass is 32.2. The molecule has 1 aromatic carbocycles. The van der Waals surface area contributed by atoms with Gasteiger partial charge in [0, 0.05) is 44.8 Å². The van der Waals surface area contributed by atoms with E-state index in [1.807, 2.05) is 0 Å². The third kappa shape index (κ3) is 4.76. The lowest BCUT2D eigenvalue weighted by atomic mass is 10.3. The number of piperazine rings is 1. The Morgan fingerprint density at radius 3 is 2.54 bits per heavy atom. The fourth-order valence-corrected chi connectivity index (χ4v) is 4.10. The molecular weight excluding hydrogens is 328 g/mol. The summed E-state index contributed by atoms with van der Waals surface area (Å²) in [6, 6.07) is 6.46. The summed E-state index contributed by atoms with van der Waals surface area (Å²) < 4.78 is 27.1. The minimum Gasteiger partial charge on any atom is -0.326 e. The standard InChI is InChI=1S/C16H26N4O3S/c1-3-19-9-11-20(12-10-19)24(22,23)15-6-4-5-14(13-15)18-16(21)7-8-17-2/h4-6,13,17H,3,7-12H2,1-2H3,(H,18,21). The van der Waals surface area contributed by atoms with Gasteiger partial charge in [-0.2, -0.15) is 4.31 Å². The monoisotopic (exact) mass is 354 g/mol. The number of carbonyl (C=O) groups excluding carboxylic acids is 1. The lowest BCUT2D eigenvalue weighted by Gasteiger charge is -2.33. The minimum atomic E-state index is -3.53. The molecule has 0 atom stereocenters. The van der Waals surface area contributed by atoms with Crippen molar-refractivity contribution in [2.75, 3.05) is 51.6 Å². The predicted octanol–water partition coefficient (Wildman–Crippen LogP) is 0.561. The number of nitrogens with one attached hydrogen (secondary N) is 2. The predicted molar refractivity (Wildman–Crippen MR) is 94.5 cm³/mol. The van der Waals surface area contributed by atoms with Crippen LogP contribution in [-0.4, -0.2) is 69.8 Å². The molecule has 1 amide bonds. The maximum absolute atomic E-state index is 12.8. The van der Waals surface area contributed by atoms with Crippen LogP contribution in [0.2, 0.25) is 0 Å². The first-order valence-electron chi connectivity index (χ1n) is 8.24. The van der Waals surface area contributed by atoms with E-state index in [4.69, 9.17) is 0 Å². The second kappa shape index (κ2) is 8.57. The van der Waals surface area contributed by atoms with Crippen molar-refractivity contribution in [2.24, 2.45) is 0 Å². The van der Waals surface area contributed by atoms with Crippen molar-refractivity contribution in [1.29, 1.82) is 0 Å². The van der Waals surface area contributed by atoms with E-state index in [2.05, 4.69) is 22.5 Å². The molecule has 8 heteroatoms. The average Bonchev–Trinajstić information content (AvgIpc) is 2.60. The Bertz CT molecular complexity index is 655. The van der Waals surface area contributed by atoms with E-state index in [-0.39, 0.29) is 10.8 Å². The van der Waals surface area contributed by atoms with Gasteiger partial charge in [0.05, 0.1) is 4.90 Å². The quantitative estimate of drug-likeness (QED) is 0.748. The van der Waals surface area contributed by atoms with Crippen LogP contribution in [0.15, 0.2) is 29.2 Å². The van der Waals surface area contributed by atoms with Gasteiger partial charge in [0.2, 0.25) is 15.9 Å². The summed E-state index contributed by atoms with van der Waals surface area (Å²) >= 11 is 0. The fourth-order valence-electron chi connectivity index (χ4n) is 2.63. The third-order valence-electron chi connectivity index (χ3n) is 4.14. The lowest BCUT2D eigenvalue weighted by molar-refractivity contribution is -0.116. The highest BCUT2D eigenvalue weighted by Crippen LogP contribution is 2.21. The van der Waals surface area contributed by atoms with Crippen LogP contribution in [0.25, 0.3) is 0 Å². The van der Waals surface area contributed by atoms with Crippen LogP contribution >= 0.6 is 0 Å². The summed E-state index contributed by atoms with van der Waals surface area (Å²) in [6.07, 6.45) is 0.340. The van der Waals surface area contributed by atoms with Gasteiger partial charge >= 0.3 is 0 Å². The first-order chi connectivity index (χ1) is 11.5. The first kappa shape index (κ1) is 18.9. The van der Waals surface area contributed by atoms with Gasteiger partial charge in [-0.25, -0.2) is 8.42 Å². The molecule has 0 saturated carbocycles. The molecule has 1 saturated heterocycles. The molecule has 134 valence electrons.